The van der Waals surface area contributed by atoms with Gasteiger partial charge in [0.05, 0.1) is 0 Å². The molecule has 0 saturated heterocycles. The Morgan fingerprint density at radius 1 is 1.25 bits per heavy atom. The summed E-state index contributed by atoms with van der Waals surface area (Å²) in [6.07, 6.45) is 9.67. The second kappa shape index (κ2) is 6.64. The van der Waals surface area contributed by atoms with Crippen molar-refractivity contribution in [1.29, 1.82) is 0 Å². The van der Waals surface area contributed by atoms with E-state index in [4.69, 9.17) is 0 Å². The lowest BCUT2D eigenvalue weighted by atomic mass is 9.78. The summed E-state index contributed by atoms with van der Waals surface area (Å²) in [5.41, 5.74) is 0.627. The zero-order valence-corrected chi connectivity index (χ0v) is 11.8. The van der Waals surface area contributed by atoms with Crippen molar-refractivity contribution in [2.45, 2.75) is 78.7 Å². The lowest BCUT2D eigenvalue weighted by molar-refractivity contribution is 0.232. The highest BCUT2D eigenvalue weighted by Crippen LogP contribution is 2.43. The van der Waals surface area contributed by atoms with Crippen molar-refractivity contribution in [1.82, 2.24) is 5.32 Å². The highest BCUT2D eigenvalue weighted by Gasteiger charge is 2.35. The van der Waals surface area contributed by atoms with E-state index in [1.165, 1.54) is 51.5 Å². The minimum atomic E-state index is 0.627. The molecule has 0 amide bonds. The lowest BCUT2D eigenvalue weighted by Gasteiger charge is -2.29. The van der Waals surface area contributed by atoms with E-state index in [0.717, 1.165) is 12.0 Å². The molecular weight excluding hydrogens is 194 g/mol. The summed E-state index contributed by atoms with van der Waals surface area (Å²) in [4.78, 5) is 0. The van der Waals surface area contributed by atoms with Crippen LogP contribution in [0, 0.1) is 11.3 Å². The van der Waals surface area contributed by atoms with Crippen LogP contribution in [0.3, 0.4) is 0 Å². The van der Waals surface area contributed by atoms with Crippen molar-refractivity contribution in [3.63, 3.8) is 0 Å². The van der Waals surface area contributed by atoms with Crippen molar-refractivity contribution in [3.8, 4) is 0 Å². The van der Waals surface area contributed by atoms with Crippen LogP contribution in [-0.2, 0) is 0 Å². The van der Waals surface area contributed by atoms with E-state index < -0.39 is 0 Å². The third-order valence-corrected chi connectivity index (χ3v) is 4.45. The van der Waals surface area contributed by atoms with Gasteiger partial charge in [0, 0.05) is 6.04 Å². The van der Waals surface area contributed by atoms with Gasteiger partial charge in [0.2, 0.25) is 0 Å². The molecule has 96 valence electrons. The molecule has 1 aliphatic carbocycles. The summed E-state index contributed by atoms with van der Waals surface area (Å²) in [5, 5.41) is 3.70. The predicted molar refractivity (Wildman–Crippen MR) is 72.7 cm³/mol. The van der Waals surface area contributed by atoms with E-state index in [1.807, 2.05) is 0 Å². The Labute approximate surface area is 102 Å². The summed E-state index contributed by atoms with van der Waals surface area (Å²) in [6.45, 7) is 10.7. The molecule has 0 heterocycles. The van der Waals surface area contributed by atoms with Gasteiger partial charge in [-0.25, -0.2) is 0 Å². The smallest absolute Gasteiger partial charge is 0.00724 e. The molecule has 0 aromatic carbocycles. The summed E-state index contributed by atoms with van der Waals surface area (Å²) < 4.78 is 0. The van der Waals surface area contributed by atoms with Crippen LogP contribution in [0.2, 0.25) is 0 Å². The molecule has 0 radical (unpaired) electrons. The third kappa shape index (κ3) is 4.08. The molecule has 1 rings (SSSR count). The average Bonchev–Trinajstić information content (AvgIpc) is 2.65. The van der Waals surface area contributed by atoms with Gasteiger partial charge in [0.1, 0.15) is 0 Å². The first-order chi connectivity index (χ1) is 7.63. The first-order valence-electron chi connectivity index (χ1n) is 7.37. The van der Waals surface area contributed by atoms with Gasteiger partial charge in [-0.3, -0.25) is 0 Å². The van der Waals surface area contributed by atoms with E-state index in [0.29, 0.717) is 5.41 Å². The van der Waals surface area contributed by atoms with E-state index in [9.17, 15) is 0 Å². The number of hydrogen-bond donors (Lipinski definition) is 1. The Morgan fingerprint density at radius 3 is 2.50 bits per heavy atom. The molecule has 2 unspecified atom stereocenters. The average molecular weight is 225 g/mol. The van der Waals surface area contributed by atoms with Gasteiger partial charge in [0.25, 0.3) is 0 Å². The Hall–Kier alpha value is -0.0400. The monoisotopic (exact) mass is 225 g/mol. The lowest BCUT2D eigenvalue weighted by Crippen LogP contribution is -2.29. The van der Waals surface area contributed by atoms with Crippen LogP contribution >= 0.6 is 0 Å². The van der Waals surface area contributed by atoms with Crippen molar-refractivity contribution in [2.24, 2.45) is 11.3 Å². The molecule has 2 atom stereocenters. The maximum absolute atomic E-state index is 3.70. The van der Waals surface area contributed by atoms with Gasteiger partial charge in [-0.2, -0.15) is 0 Å². The zero-order chi connectivity index (χ0) is 12.0. The molecule has 0 aliphatic heterocycles. The van der Waals surface area contributed by atoms with Gasteiger partial charge < -0.3 is 5.32 Å². The number of nitrogens with one attached hydrogen (secondary N) is 1. The van der Waals surface area contributed by atoms with E-state index in [2.05, 4.69) is 33.0 Å². The molecule has 1 fully saturated rings. The van der Waals surface area contributed by atoms with Crippen LogP contribution in [0.15, 0.2) is 0 Å². The fourth-order valence-electron chi connectivity index (χ4n) is 3.30. The van der Waals surface area contributed by atoms with Gasteiger partial charge in [-0.1, -0.05) is 40.5 Å². The van der Waals surface area contributed by atoms with Crippen LogP contribution in [0.1, 0.15) is 72.6 Å². The Bertz CT molecular complexity index is 186. The van der Waals surface area contributed by atoms with Gasteiger partial charge >= 0.3 is 0 Å². The molecule has 0 aromatic rings. The Balaban J connectivity index is 2.36. The fourth-order valence-corrected chi connectivity index (χ4v) is 3.30. The normalized spacial score (nSPS) is 30.2. The second-order valence-corrected chi connectivity index (χ2v) is 6.09. The van der Waals surface area contributed by atoms with Crippen molar-refractivity contribution in [3.05, 3.63) is 0 Å². The van der Waals surface area contributed by atoms with Crippen LogP contribution in [-0.4, -0.2) is 12.6 Å². The predicted octanol–water partition coefficient (Wildman–Crippen LogP) is 4.37. The molecule has 1 heteroatoms. The third-order valence-electron chi connectivity index (χ3n) is 4.45. The summed E-state index contributed by atoms with van der Waals surface area (Å²) in [5.74, 6) is 0.954. The van der Waals surface area contributed by atoms with Gasteiger partial charge in [-0.15, -0.1) is 0 Å². The van der Waals surface area contributed by atoms with Crippen molar-refractivity contribution in [2.75, 3.05) is 6.54 Å². The van der Waals surface area contributed by atoms with Crippen LogP contribution in [0.25, 0.3) is 0 Å². The van der Waals surface area contributed by atoms with Gasteiger partial charge in [0.15, 0.2) is 0 Å². The molecule has 1 N–H and O–H groups in total. The van der Waals surface area contributed by atoms with Crippen molar-refractivity contribution < 1.29 is 0 Å². The largest absolute Gasteiger partial charge is 0.314 e. The topological polar surface area (TPSA) is 12.0 Å². The molecule has 0 spiro atoms. The van der Waals surface area contributed by atoms with E-state index in [-0.39, 0.29) is 0 Å². The van der Waals surface area contributed by atoms with Crippen LogP contribution < -0.4 is 5.32 Å². The SMILES string of the molecule is CCCNC1CCC(C)(CC(CC)CC)C1. The molecule has 0 bridgehead atoms. The van der Waals surface area contributed by atoms with Crippen LogP contribution in [0.5, 0.6) is 0 Å². The maximum Gasteiger partial charge on any atom is 0.00724 e. The summed E-state index contributed by atoms with van der Waals surface area (Å²) in [6, 6.07) is 0.805. The van der Waals surface area contributed by atoms with Gasteiger partial charge in [-0.05, 0) is 50.0 Å². The van der Waals surface area contributed by atoms with E-state index in [1.54, 1.807) is 0 Å². The zero-order valence-electron chi connectivity index (χ0n) is 11.8. The van der Waals surface area contributed by atoms with Crippen LogP contribution in [0.4, 0.5) is 0 Å². The Morgan fingerprint density at radius 2 is 1.94 bits per heavy atom. The minimum Gasteiger partial charge on any atom is -0.314 e. The molecule has 1 saturated carbocycles. The highest BCUT2D eigenvalue weighted by atomic mass is 14.9. The van der Waals surface area contributed by atoms with E-state index >= 15 is 0 Å². The fraction of sp³-hybridized carbons (Fsp3) is 1.00. The molecule has 16 heavy (non-hydrogen) atoms. The maximum atomic E-state index is 3.70. The molecule has 0 aromatic heterocycles. The minimum absolute atomic E-state index is 0.627. The summed E-state index contributed by atoms with van der Waals surface area (Å²) in [7, 11) is 0. The molecule has 1 nitrogen and oxygen atoms in total. The standard InChI is InChI=1S/C15H31N/c1-5-10-16-14-8-9-15(4,12-14)11-13(6-2)7-3/h13-14,16H,5-12H2,1-4H3. The first-order valence-corrected chi connectivity index (χ1v) is 7.37. The Kier molecular flexibility index (Phi) is 5.82. The highest BCUT2D eigenvalue weighted by molar-refractivity contribution is 4.90. The first kappa shape index (κ1) is 14.0. The number of rotatable bonds is 7. The second-order valence-electron chi connectivity index (χ2n) is 6.09. The number of hydrogen-bond acceptors (Lipinski definition) is 1. The molecular formula is C15H31N. The summed E-state index contributed by atoms with van der Waals surface area (Å²) >= 11 is 0. The van der Waals surface area contributed by atoms with Crippen molar-refractivity contribution >= 4 is 0 Å². The quantitative estimate of drug-likeness (QED) is 0.678. The molecule has 1 aliphatic rings.